The highest BCUT2D eigenvalue weighted by atomic mass is 35.5. The smallest absolute Gasteiger partial charge is 0.308 e. The fourth-order valence-corrected chi connectivity index (χ4v) is 2.10. The zero-order valence-electron chi connectivity index (χ0n) is 13.9. The summed E-state index contributed by atoms with van der Waals surface area (Å²) in [5.74, 6) is -3.94. The van der Waals surface area contributed by atoms with Crippen LogP contribution in [0.4, 0.5) is 14.5 Å². The average molecular weight is 397 g/mol. The molecule has 2 amide bonds. The van der Waals surface area contributed by atoms with E-state index in [1.165, 1.54) is 6.07 Å². The van der Waals surface area contributed by atoms with Crippen LogP contribution in [0.25, 0.3) is 0 Å². The van der Waals surface area contributed by atoms with Crippen LogP contribution in [0.1, 0.15) is 16.8 Å². The van der Waals surface area contributed by atoms with Crippen LogP contribution in [0.5, 0.6) is 0 Å². The Labute approximate surface area is 158 Å². The Bertz CT molecular complexity index is 844. The third kappa shape index (κ3) is 6.67. The lowest BCUT2D eigenvalue weighted by atomic mass is 10.2. The molecule has 142 valence electrons. The SMILES string of the molecule is O=C(COC(=O)CCNC(=O)c1ccc(Cl)cc1)Nc1ccc(F)c(F)c1. The molecule has 0 radical (unpaired) electrons. The van der Waals surface area contributed by atoms with Crippen LogP contribution in [0.15, 0.2) is 42.5 Å². The van der Waals surface area contributed by atoms with Gasteiger partial charge in [-0.1, -0.05) is 11.6 Å². The van der Waals surface area contributed by atoms with Gasteiger partial charge in [-0.25, -0.2) is 8.78 Å². The van der Waals surface area contributed by atoms with Crippen molar-refractivity contribution in [2.24, 2.45) is 0 Å². The van der Waals surface area contributed by atoms with Crippen LogP contribution < -0.4 is 10.6 Å². The number of carbonyl (C=O) groups excluding carboxylic acids is 3. The van der Waals surface area contributed by atoms with Crippen molar-refractivity contribution in [1.82, 2.24) is 5.32 Å². The predicted molar refractivity (Wildman–Crippen MR) is 94.3 cm³/mol. The molecule has 27 heavy (non-hydrogen) atoms. The van der Waals surface area contributed by atoms with E-state index >= 15 is 0 Å². The normalized spacial score (nSPS) is 10.2. The summed E-state index contributed by atoms with van der Waals surface area (Å²) in [6, 6.07) is 9.05. The molecule has 0 atom stereocenters. The monoisotopic (exact) mass is 396 g/mol. The van der Waals surface area contributed by atoms with Crippen molar-refractivity contribution in [2.45, 2.75) is 6.42 Å². The minimum absolute atomic E-state index is 0.0189. The fraction of sp³-hybridized carbons (Fsp3) is 0.167. The molecule has 0 aliphatic rings. The van der Waals surface area contributed by atoms with E-state index in [0.717, 1.165) is 12.1 Å². The first-order valence-corrected chi connectivity index (χ1v) is 8.17. The number of anilines is 1. The summed E-state index contributed by atoms with van der Waals surface area (Å²) in [4.78, 5) is 35.0. The van der Waals surface area contributed by atoms with E-state index in [-0.39, 0.29) is 24.6 Å². The predicted octanol–water partition coefficient (Wildman–Crippen LogP) is 2.92. The second-order valence-corrected chi connectivity index (χ2v) is 5.79. The summed E-state index contributed by atoms with van der Waals surface area (Å²) in [6.45, 7) is -0.575. The van der Waals surface area contributed by atoms with Crippen molar-refractivity contribution in [3.8, 4) is 0 Å². The van der Waals surface area contributed by atoms with E-state index in [1.807, 2.05) is 0 Å². The number of halogens is 3. The van der Waals surface area contributed by atoms with E-state index in [2.05, 4.69) is 10.6 Å². The molecule has 0 unspecified atom stereocenters. The van der Waals surface area contributed by atoms with Crippen molar-refractivity contribution in [2.75, 3.05) is 18.5 Å². The van der Waals surface area contributed by atoms with Crippen LogP contribution in [0, 0.1) is 11.6 Å². The standard InChI is InChI=1S/C18H15ClF2N2O4/c19-12-3-1-11(2-4-12)18(26)22-8-7-17(25)27-10-16(24)23-13-5-6-14(20)15(21)9-13/h1-6,9H,7-8,10H2,(H,22,26)(H,23,24). The highest BCUT2D eigenvalue weighted by molar-refractivity contribution is 6.30. The van der Waals surface area contributed by atoms with E-state index in [0.29, 0.717) is 10.6 Å². The maximum absolute atomic E-state index is 13.0. The average Bonchev–Trinajstić information content (AvgIpc) is 2.63. The molecule has 0 saturated heterocycles. The number of carbonyl (C=O) groups is 3. The second-order valence-electron chi connectivity index (χ2n) is 5.35. The Hall–Kier alpha value is -3.00. The lowest BCUT2D eigenvalue weighted by Gasteiger charge is -2.08. The third-order valence-corrected chi connectivity index (χ3v) is 3.54. The Morgan fingerprint density at radius 2 is 1.70 bits per heavy atom. The summed E-state index contributed by atoms with van der Waals surface area (Å²) < 4.78 is 30.6. The van der Waals surface area contributed by atoms with Crippen molar-refractivity contribution in [3.05, 3.63) is 64.7 Å². The molecule has 0 aromatic heterocycles. The number of rotatable bonds is 7. The molecule has 2 aromatic carbocycles. The molecule has 2 rings (SSSR count). The van der Waals surface area contributed by atoms with E-state index < -0.39 is 30.1 Å². The lowest BCUT2D eigenvalue weighted by Crippen LogP contribution is -2.27. The number of ether oxygens (including phenoxy) is 1. The fourth-order valence-electron chi connectivity index (χ4n) is 1.97. The molecule has 2 aromatic rings. The largest absolute Gasteiger partial charge is 0.456 e. The van der Waals surface area contributed by atoms with E-state index in [1.54, 1.807) is 24.3 Å². The van der Waals surface area contributed by atoms with Gasteiger partial charge in [-0.05, 0) is 36.4 Å². The van der Waals surface area contributed by atoms with Crippen molar-refractivity contribution < 1.29 is 27.9 Å². The first-order chi connectivity index (χ1) is 12.8. The number of amides is 2. The Morgan fingerprint density at radius 1 is 1.00 bits per heavy atom. The van der Waals surface area contributed by atoms with E-state index in [9.17, 15) is 23.2 Å². The van der Waals surface area contributed by atoms with Gasteiger partial charge in [-0.15, -0.1) is 0 Å². The van der Waals surface area contributed by atoms with Crippen LogP contribution in [-0.2, 0) is 14.3 Å². The molecular weight excluding hydrogens is 382 g/mol. The molecule has 0 spiro atoms. The van der Waals surface area contributed by atoms with Crippen molar-refractivity contribution in [1.29, 1.82) is 0 Å². The molecule has 0 fully saturated rings. The topological polar surface area (TPSA) is 84.5 Å². The summed E-state index contributed by atoms with van der Waals surface area (Å²) in [7, 11) is 0. The molecule has 9 heteroatoms. The van der Waals surface area contributed by atoms with Gasteiger partial charge in [0, 0.05) is 28.9 Å². The third-order valence-electron chi connectivity index (χ3n) is 3.29. The highest BCUT2D eigenvalue weighted by Gasteiger charge is 2.11. The Morgan fingerprint density at radius 3 is 2.37 bits per heavy atom. The molecule has 0 heterocycles. The minimum atomic E-state index is -1.11. The van der Waals surface area contributed by atoms with Gasteiger partial charge in [0.2, 0.25) is 0 Å². The molecule has 0 saturated carbocycles. The molecule has 0 bridgehead atoms. The van der Waals surface area contributed by atoms with Crippen LogP contribution in [-0.4, -0.2) is 30.9 Å². The number of benzene rings is 2. The zero-order valence-corrected chi connectivity index (χ0v) is 14.7. The molecule has 0 aliphatic heterocycles. The summed E-state index contributed by atoms with van der Waals surface area (Å²) in [5, 5.41) is 5.29. The first kappa shape index (κ1) is 20.3. The van der Waals surface area contributed by atoms with Gasteiger partial charge < -0.3 is 15.4 Å². The van der Waals surface area contributed by atoms with Crippen molar-refractivity contribution >= 4 is 35.1 Å². The van der Waals surface area contributed by atoms with Gasteiger partial charge in [0.25, 0.3) is 11.8 Å². The molecule has 2 N–H and O–H groups in total. The van der Waals surface area contributed by atoms with Gasteiger partial charge >= 0.3 is 5.97 Å². The molecule has 6 nitrogen and oxygen atoms in total. The lowest BCUT2D eigenvalue weighted by molar-refractivity contribution is -0.147. The number of hydrogen-bond acceptors (Lipinski definition) is 4. The van der Waals surface area contributed by atoms with Crippen molar-refractivity contribution in [3.63, 3.8) is 0 Å². The van der Waals surface area contributed by atoms with Crippen LogP contribution in [0.3, 0.4) is 0 Å². The highest BCUT2D eigenvalue weighted by Crippen LogP contribution is 2.13. The van der Waals surface area contributed by atoms with E-state index in [4.69, 9.17) is 16.3 Å². The van der Waals surface area contributed by atoms with Gasteiger partial charge in [0.05, 0.1) is 6.42 Å². The number of hydrogen-bond donors (Lipinski definition) is 2. The maximum atomic E-state index is 13.0. The number of nitrogens with one attached hydrogen (secondary N) is 2. The first-order valence-electron chi connectivity index (χ1n) is 7.79. The van der Waals surface area contributed by atoms with Gasteiger partial charge in [-0.2, -0.15) is 0 Å². The molecule has 0 aliphatic carbocycles. The zero-order chi connectivity index (χ0) is 19.8. The molecular formula is C18H15ClF2N2O4. The van der Waals surface area contributed by atoms with Gasteiger partial charge in [0.1, 0.15) is 0 Å². The Kier molecular flexibility index (Phi) is 7.25. The maximum Gasteiger partial charge on any atom is 0.308 e. The second kappa shape index (κ2) is 9.63. The van der Waals surface area contributed by atoms with Crippen LogP contribution >= 0.6 is 11.6 Å². The van der Waals surface area contributed by atoms with Gasteiger partial charge in [0.15, 0.2) is 18.2 Å². The van der Waals surface area contributed by atoms with Crippen LogP contribution in [0.2, 0.25) is 5.02 Å². The summed E-state index contributed by atoms with van der Waals surface area (Å²) in [6.07, 6.45) is -0.141. The summed E-state index contributed by atoms with van der Waals surface area (Å²) >= 11 is 5.73. The quantitative estimate of drug-likeness (QED) is 0.705. The minimum Gasteiger partial charge on any atom is -0.456 e. The van der Waals surface area contributed by atoms with Gasteiger partial charge in [-0.3, -0.25) is 14.4 Å². The summed E-state index contributed by atoms with van der Waals surface area (Å²) in [5.41, 5.74) is 0.420. The number of esters is 1. The Balaban J connectivity index is 1.68.